The zero-order valence-electron chi connectivity index (χ0n) is 15.5. The molecule has 0 bridgehead atoms. The molecule has 2 aliphatic heterocycles. The van der Waals surface area contributed by atoms with E-state index < -0.39 is 35.3 Å². The van der Waals surface area contributed by atoms with Crippen LogP contribution in [0.15, 0.2) is 54.6 Å². The van der Waals surface area contributed by atoms with Gasteiger partial charge in [-0.3, -0.25) is 19.8 Å². The maximum atomic E-state index is 13.1. The van der Waals surface area contributed by atoms with Crippen molar-refractivity contribution in [2.75, 3.05) is 14.2 Å². The molecule has 2 N–H and O–H groups in total. The number of esters is 1. The summed E-state index contributed by atoms with van der Waals surface area (Å²) in [5.41, 5.74) is -0.221. The molecule has 0 aromatic heterocycles. The SMILES string of the molecule is COC(=O)C1(c2ccccc2)NC(c2ccc(O)cc2)C2C(=O)N(C)C(=O)C21. The van der Waals surface area contributed by atoms with E-state index in [9.17, 15) is 19.5 Å². The van der Waals surface area contributed by atoms with Gasteiger partial charge in [0, 0.05) is 13.1 Å². The summed E-state index contributed by atoms with van der Waals surface area (Å²) in [6, 6.07) is 14.6. The number of imide groups is 1. The summed E-state index contributed by atoms with van der Waals surface area (Å²) < 4.78 is 5.10. The van der Waals surface area contributed by atoms with Crippen molar-refractivity contribution in [3.63, 3.8) is 0 Å². The van der Waals surface area contributed by atoms with E-state index in [0.717, 1.165) is 4.90 Å². The van der Waals surface area contributed by atoms with Crippen LogP contribution >= 0.6 is 0 Å². The van der Waals surface area contributed by atoms with E-state index in [1.165, 1.54) is 26.3 Å². The lowest BCUT2D eigenvalue weighted by molar-refractivity contribution is -0.154. The van der Waals surface area contributed by atoms with Crippen LogP contribution in [0.25, 0.3) is 0 Å². The van der Waals surface area contributed by atoms with Crippen molar-refractivity contribution in [3.8, 4) is 5.75 Å². The Morgan fingerprint density at radius 3 is 2.32 bits per heavy atom. The highest BCUT2D eigenvalue weighted by Gasteiger charge is 2.68. The average Bonchev–Trinajstić information content (AvgIpc) is 3.19. The van der Waals surface area contributed by atoms with Crippen molar-refractivity contribution >= 4 is 17.8 Å². The number of phenols is 1. The lowest BCUT2D eigenvalue weighted by Gasteiger charge is -2.32. The van der Waals surface area contributed by atoms with Crippen LogP contribution in [-0.4, -0.2) is 41.9 Å². The Bertz CT molecular complexity index is 943. The predicted molar refractivity (Wildman–Crippen MR) is 98.9 cm³/mol. The number of nitrogens with zero attached hydrogens (tertiary/aromatic N) is 1. The Hall–Kier alpha value is -3.19. The first-order valence-electron chi connectivity index (χ1n) is 8.93. The Balaban J connectivity index is 1.94. The molecule has 2 aromatic rings. The second kappa shape index (κ2) is 6.45. The molecule has 4 rings (SSSR count). The van der Waals surface area contributed by atoms with Crippen molar-refractivity contribution in [3.05, 3.63) is 65.7 Å². The summed E-state index contributed by atoms with van der Waals surface area (Å²) in [4.78, 5) is 40.1. The van der Waals surface area contributed by atoms with E-state index >= 15 is 0 Å². The van der Waals surface area contributed by atoms with Crippen LogP contribution in [0.4, 0.5) is 0 Å². The Morgan fingerprint density at radius 1 is 1.07 bits per heavy atom. The Labute approximate surface area is 161 Å². The highest BCUT2D eigenvalue weighted by molar-refractivity contribution is 6.09. The standard InChI is InChI=1S/C21H20N2O5/c1-23-18(25)15-16(19(23)26)21(20(27)28-2,13-6-4-3-5-7-13)22-17(15)12-8-10-14(24)11-9-12/h3-11,15-17,22,24H,1-2H3. The van der Waals surface area contributed by atoms with Crippen molar-refractivity contribution in [1.29, 1.82) is 0 Å². The zero-order valence-corrected chi connectivity index (χ0v) is 15.5. The first-order chi connectivity index (χ1) is 13.4. The van der Waals surface area contributed by atoms with Crippen LogP contribution in [0.5, 0.6) is 5.75 Å². The number of hydrogen-bond acceptors (Lipinski definition) is 6. The van der Waals surface area contributed by atoms with Gasteiger partial charge in [0.15, 0.2) is 5.54 Å². The summed E-state index contributed by atoms with van der Waals surface area (Å²) >= 11 is 0. The molecule has 28 heavy (non-hydrogen) atoms. The molecule has 4 unspecified atom stereocenters. The third-order valence-corrected chi connectivity index (χ3v) is 5.77. The third-order valence-electron chi connectivity index (χ3n) is 5.77. The van der Waals surface area contributed by atoms with Crippen LogP contribution in [0, 0.1) is 11.8 Å². The highest BCUT2D eigenvalue weighted by Crippen LogP contribution is 2.53. The fourth-order valence-electron chi connectivity index (χ4n) is 4.45. The van der Waals surface area contributed by atoms with Crippen molar-refractivity contribution in [2.45, 2.75) is 11.6 Å². The van der Waals surface area contributed by atoms with Gasteiger partial charge in [-0.1, -0.05) is 42.5 Å². The molecule has 0 saturated carbocycles. The monoisotopic (exact) mass is 380 g/mol. The number of ether oxygens (including phenoxy) is 1. The molecular formula is C21H20N2O5. The number of amides is 2. The normalized spacial score (nSPS) is 29.1. The van der Waals surface area contributed by atoms with Crippen LogP contribution in [-0.2, 0) is 24.7 Å². The molecule has 2 aromatic carbocycles. The maximum absolute atomic E-state index is 13.1. The minimum atomic E-state index is -1.49. The number of carbonyl (C=O) groups excluding carboxylic acids is 3. The molecule has 0 aliphatic carbocycles. The van der Waals surface area contributed by atoms with Gasteiger partial charge in [0.05, 0.1) is 18.9 Å². The first kappa shape index (κ1) is 18.2. The van der Waals surface area contributed by atoms with E-state index in [4.69, 9.17) is 4.74 Å². The van der Waals surface area contributed by atoms with Gasteiger partial charge < -0.3 is 9.84 Å². The van der Waals surface area contributed by atoms with Gasteiger partial charge in [0.1, 0.15) is 5.75 Å². The van der Waals surface area contributed by atoms with Gasteiger partial charge in [0.2, 0.25) is 11.8 Å². The van der Waals surface area contributed by atoms with E-state index in [-0.39, 0.29) is 11.7 Å². The molecule has 4 atom stereocenters. The highest BCUT2D eigenvalue weighted by atomic mass is 16.5. The number of aromatic hydroxyl groups is 1. The van der Waals surface area contributed by atoms with E-state index in [1.807, 2.05) is 6.07 Å². The lowest BCUT2D eigenvalue weighted by Crippen LogP contribution is -2.53. The molecule has 144 valence electrons. The van der Waals surface area contributed by atoms with E-state index in [2.05, 4.69) is 5.32 Å². The number of carbonyl (C=O) groups is 3. The second-order valence-electron chi connectivity index (χ2n) is 7.12. The molecule has 7 nitrogen and oxygen atoms in total. The summed E-state index contributed by atoms with van der Waals surface area (Å²) in [7, 11) is 2.70. The third kappa shape index (κ3) is 2.36. The first-order valence-corrected chi connectivity index (χ1v) is 8.93. The summed E-state index contributed by atoms with van der Waals surface area (Å²) in [6.07, 6.45) is 0. The topological polar surface area (TPSA) is 95.9 Å². The van der Waals surface area contributed by atoms with Gasteiger partial charge in [-0.05, 0) is 23.3 Å². The number of likely N-dealkylation sites (tertiary alicyclic amines) is 1. The van der Waals surface area contributed by atoms with E-state index in [0.29, 0.717) is 11.1 Å². The minimum Gasteiger partial charge on any atom is -0.508 e. The fourth-order valence-corrected chi connectivity index (χ4v) is 4.45. The minimum absolute atomic E-state index is 0.0894. The van der Waals surface area contributed by atoms with E-state index in [1.54, 1.807) is 36.4 Å². The molecule has 2 aliphatic rings. The summed E-state index contributed by atoms with van der Waals surface area (Å²) in [5, 5.41) is 12.9. The molecule has 2 fully saturated rings. The van der Waals surface area contributed by atoms with Crippen molar-refractivity contribution < 1.29 is 24.2 Å². The predicted octanol–water partition coefficient (Wildman–Crippen LogP) is 1.34. The summed E-state index contributed by atoms with van der Waals surface area (Å²) in [6.45, 7) is 0. The van der Waals surface area contributed by atoms with Crippen LogP contribution in [0.2, 0.25) is 0 Å². The number of benzene rings is 2. The fraction of sp³-hybridized carbons (Fsp3) is 0.286. The molecule has 0 spiro atoms. The maximum Gasteiger partial charge on any atom is 0.331 e. The van der Waals surface area contributed by atoms with Crippen molar-refractivity contribution in [1.82, 2.24) is 10.2 Å². The van der Waals surface area contributed by atoms with Crippen molar-refractivity contribution in [2.24, 2.45) is 11.8 Å². The molecular weight excluding hydrogens is 360 g/mol. The second-order valence-corrected chi connectivity index (χ2v) is 7.12. The number of rotatable bonds is 3. The lowest BCUT2D eigenvalue weighted by atomic mass is 9.75. The number of hydrogen-bond donors (Lipinski definition) is 2. The average molecular weight is 380 g/mol. The van der Waals surface area contributed by atoms with Gasteiger partial charge in [-0.25, -0.2) is 4.79 Å². The number of fused-ring (bicyclic) bond motifs is 1. The number of nitrogens with one attached hydrogen (secondary N) is 1. The van der Waals surface area contributed by atoms with Crippen LogP contribution in [0.1, 0.15) is 17.2 Å². The van der Waals surface area contributed by atoms with Crippen LogP contribution in [0.3, 0.4) is 0 Å². The molecule has 2 heterocycles. The van der Waals surface area contributed by atoms with Gasteiger partial charge >= 0.3 is 5.97 Å². The number of methoxy groups -OCH3 is 1. The Kier molecular flexibility index (Phi) is 4.19. The number of phenolic OH excluding ortho intramolecular Hbond substituents is 1. The Morgan fingerprint density at radius 2 is 1.71 bits per heavy atom. The van der Waals surface area contributed by atoms with Crippen LogP contribution < -0.4 is 5.32 Å². The van der Waals surface area contributed by atoms with Gasteiger partial charge in [-0.15, -0.1) is 0 Å². The summed E-state index contributed by atoms with van der Waals surface area (Å²) in [5.74, 6) is -2.99. The quantitative estimate of drug-likeness (QED) is 0.616. The molecule has 2 saturated heterocycles. The zero-order chi connectivity index (χ0) is 20.1. The van der Waals surface area contributed by atoms with Gasteiger partial charge in [0.25, 0.3) is 0 Å². The largest absolute Gasteiger partial charge is 0.508 e. The molecule has 2 amide bonds. The molecule has 0 radical (unpaired) electrons. The molecule has 7 heteroatoms. The smallest absolute Gasteiger partial charge is 0.331 e. The van der Waals surface area contributed by atoms with Gasteiger partial charge in [-0.2, -0.15) is 0 Å².